The van der Waals surface area contributed by atoms with E-state index in [4.69, 9.17) is 5.26 Å². The summed E-state index contributed by atoms with van der Waals surface area (Å²) in [6, 6.07) is 3.88. The molecule has 4 rings (SSSR count). The fraction of sp³-hybridized carbons (Fsp3) is 0.556. The molecule has 3 atom stereocenters. The Labute approximate surface area is 163 Å². The molecule has 0 amide bonds. The van der Waals surface area contributed by atoms with Gasteiger partial charge in [0.1, 0.15) is 5.82 Å². The van der Waals surface area contributed by atoms with Crippen LogP contribution in [0.2, 0.25) is 0 Å². The third kappa shape index (κ3) is 3.59. The van der Waals surface area contributed by atoms with E-state index in [2.05, 4.69) is 31.8 Å². The monoisotopic (exact) mass is 401 g/mol. The van der Waals surface area contributed by atoms with E-state index in [0.717, 1.165) is 23.4 Å². The van der Waals surface area contributed by atoms with E-state index in [1.807, 2.05) is 22.7 Å². The molecule has 1 fully saturated rings. The van der Waals surface area contributed by atoms with Gasteiger partial charge in [0.05, 0.1) is 23.5 Å². The highest BCUT2D eigenvalue weighted by Gasteiger charge is 2.37. The zero-order valence-electron chi connectivity index (χ0n) is 15.7. The van der Waals surface area contributed by atoms with Crippen molar-refractivity contribution in [3.8, 4) is 6.07 Å². The van der Waals surface area contributed by atoms with E-state index >= 15 is 0 Å². The lowest BCUT2D eigenvalue weighted by molar-refractivity contribution is 0.505. The van der Waals surface area contributed by atoms with Crippen LogP contribution in [0, 0.1) is 17.2 Å². The Morgan fingerprint density at radius 1 is 1.36 bits per heavy atom. The molecule has 0 spiro atoms. The van der Waals surface area contributed by atoms with E-state index in [1.54, 1.807) is 6.20 Å². The number of nitrogens with zero attached hydrogens (tertiary/aromatic N) is 5. The zero-order valence-corrected chi connectivity index (χ0v) is 16.5. The molecule has 0 bridgehead atoms. The van der Waals surface area contributed by atoms with Crippen molar-refractivity contribution in [3.63, 3.8) is 0 Å². The van der Waals surface area contributed by atoms with Crippen LogP contribution in [0.5, 0.6) is 0 Å². The third-order valence-electron chi connectivity index (χ3n) is 5.48. The van der Waals surface area contributed by atoms with E-state index in [1.165, 1.54) is 0 Å². The highest BCUT2D eigenvalue weighted by atomic mass is 32.2. The van der Waals surface area contributed by atoms with Gasteiger partial charge in [0.2, 0.25) is 10.0 Å². The van der Waals surface area contributed by atoms with Gasteiger partial charge in [-0.1, -0.05) is 6.92 Å². The molecule has 0 radical (unpaired) electrons. The Morgan fingerprint density at radius 2 is 2.21 bits per heavy atom. The maximum Gasteiger partial charge on any atom is 0.211 e. The first kappa shape index (κ1) is 18.8. The Bertz CT molecular complexity index is 1130. The molecular formula is C18H23N7O2S. The molecule has 0 aromatic carbocycles. The summed E-state index contributed by atoms with van der Waals surface area (Å²) in [6.45, 7) is 2.13. The lowest BCUT2D eigenvalue weighted by atomic mass is 9.97. The minimum Gasteiger partial charge on any atom is -0.345 e. The van der Waals surface area contributed by atoms with Crippen LogP contribution in [0.15, 0.2) is 18.5 Å². The average Bonchev–Trinajstić information content (AvgIpc) is 3.35. The van der Waals surface area contributed by atoms with Crippen molar-refractivity contribution in [3.05, 3.63) is 24.3 Å². The predicted octanol–water partition coefficient (Wildman–Crippen LogP) is 2.10. The van der Waals surface area contributed by atoms with Crippen molar-refractivity contribution in [2.45, 2.75) is 51.0 Å². The van der Waals surface area contributed by atoms with E-state index in [9.17, 15) is 8.42 Å². The first-order valence-electron chi connectivity index (χ1n) is 9.52. The molecular weight excluding hydrogens is 378 g/mol. The maximum absolute atomic E-state index is 12.4. The van der Waals surface area contributed by atoms with Gasteiger partial charge in [0.15, 0.2) is 11.3 Å². The fourth-order valence-corrected chi connectivity index (χ4v) is 5.55. The number of nitriles is 1. The van der Waals surface area contributed by atoms with Crippen molar-refractivity contribution in [2.75, 3.05) is 5.75 Å². The van der Waals surface area contributed by atoms with Gasteiger partial charge >= 0.3 is 0 Å². The summed E-state index contributed by atoms with van der Waals surface area (Å²) < 4.78 is 29.6. The van der Waals surface area contributed by atoms with Gasteiger partial charge in [-0.05, 0) is 37.7 Å². The molecule has 148 valence electrons. The Morgan fingerprint density at radius 3 is 3.04 bits per heavy atom. The van der Waals surface area contributed by atoms with E-state index in [-0.39, 0.29) is 23.6 Å². The van der Waals surface area contributed by atoms with Gasteiger partial charge in [-0.25, -0.2) is 18.1 Å². The predicted molar refractivity (Wildman–Crippen MR) is 104 cm³/mol. The van der Waals surface area contributed by atoms with Crippen molar-refractivity contribution in [1.82, 2.24) is 29.3 Å². The largest absolute Gasteiger partial charge is 0.345 e. The molecule has 1 saturated carbocycles. The number of aromatic nitrogens is 5. The van der Waals surface area contributed by atoms with Gasteiger partial charge in [0.25, 0.3) is 0 Å². The Balaban J connectivity index is 1.51. The number of H-pyrrole nitrogens is 1. The molecule has 1 aliphatic rings. The Hall–Kier alpha value is -2.51. The van der Waals surface area contributed by atoms with Gasteiger partial charge in [-0.3, -0.25) is 4.40 Å². The maximum atomic E-state index is 12.4. The molecule has 2 N–H and O–H groups in total. The minimum absolute atomic E-state index is 0.0632. The number of aromatic amines is 1. The number of hydrogen-bond donors (Lipinski definition) is 2. The van der Waals surface area contributed by atoms with Gasteiger partial charge in [0, 0.05) is 24.6 Å². The first-order chi connectivity index (χ1) is 13.5. The number of unbranched alkanes of at least 4 members (excludes halogenated alkanes) is 2. The number of hydrogen-bond acceptors (Lipinski definition) is 6. The molecule has 10 heteroatoms. The normalized spacial score (nSPS) is 22.8. The summed E-state index contributed by atoms with van der Waals surface area (Å²) in [5.41, 5.74) is 2.39. The molecule has 0 aliphatic heterocycles. The van der Waals surface area contributed by atoms with Crippen LogP contribution in [0.25, 0.3) is 16.8 Å². The average molecular weight is 401 g/mol. The Kier molecular flexibility index (Phi) is 5.03. The van der Waals surface area contributed by atoms with Crippen molar-refractivity contribution in [2.24, 2.45) is 5.92 Å². The standard InChI is InChI=1S/C18H23N7O2S/c1-12-9-13(24-28(26,27)8-4-2-3-6-19)10-14(12)18-23-22-16-11-21-17-15(25(16)18)5-7-20-17/h5,7,11-14,20,24H,2-4,8-10H2,1H3/t12-,13+,14+/m1/s1. The molecule has 9 nitrogen and oxygen atoms in total. The fourth-order valence-electron chi connectivity index (χ4n) is 4.15. The van der Waals surface area contributed by atoms with Crippen molar-refractivity contribution < 1.29 is 8.42 Å². The van der Waals surface area contributed by atoms with Crippen LogP contribution in [-0.4, -0.2) is 44.8 Å². The summed E-state index contributed by atoms with van der Waals surface area (Å²) in [7, 11) is -3.35. The lowest BCUT2D eigenvalue weighted by Gasteiger charge is -2.14. The molecule has 0 unspecified atom stereocenters. The van der Waals surface area contributed by atoms with Crippen LogP contribution in [-0.2, 0) is 10.0 Å². The second-order valence-corrected chi connectivity index (χ2v) is 9.40. The minimum atomic E-state index is -3.35. The molecule has 0 saturated heterocycles. The van der Waals surface area contributed by atoms with Crippen LogP contribution < -0.4 is 4.72 Å². The number of fused-ring (bicyclic) bond motifs is 3. The van der Waals surface area contributed by atoms with Gasteiger partial charge in [-0.2, -0.15) is 5.26 Å². The van der Waals surface area contributed by atoms with Gasteiger partial charge < -0.3 is 4.98 Å². The SMILES string of the molecule is C[C@@H]1C[C@H](NS(=O)(=O)CCCCC#N)C[C@@H]1c1nnc2cnc3[nH]ccc3n12. The molecule has 1 aliphatic carbocycles. The number of rotatable bonds is 7. The third-order valence-corrected chi connectivity index (χ3v) is 7.00. The molecule has 3 aromatic heterocycles. The van der Waals surface area contributed by atoms with Crippen LogP contribution in [0.1, 0.15) is 50.8 Å². The summed E-state index contributed by atoms with van der Waals surface area (Å²) in [5.74, 6) is 1.31. The number of nitrogens with one attached hydrogen (secondary N) is 2. The molecule has 3 aromatic rings. The van der Waals surface area contributed by atoms with Crippen LogP contribution in [0.4, 0.5) is 0 Å². The number of sulfonamides is 1. The molecule has 3 heterocycles. The topological polar surface area (TPSA) is 129 Å². The quantitative estimate of drug-likeness (QED) is 0.583. The first-order valence-corrected chi connectivity index (χ1v) is 11.2. The van der Waals surface area contributed by atoms with E-state index in [0.29, 0.717) is 31.3 Å². The van der Waals surface area contributed by atoms with Gasteiger partial charge in [-0.15, -0.1) is 10.2 Å². The van der Waals surface area contributed by atoms with E-state index < -0.39 is 10.0 Å². The second kappa shape index (κ2) is 7.48. The van der Waals surface area contributed by atoms with Crippen molar-refractivity contribution in [1.29, 1.82) is 5.26 Å². The second-order valence-electron chi connectivity index (χ2n) is 7.53. The zero-order chi connectivity index (χ0) is 19.7. The highest BCUT2D eigenvalue weighted by molar-refractivity contribution is 7.89. The summed E-state index contributed by atoms with van der Waals surface area (Å²) in [5, 5.41) is 17.2. The van der Waals surface area contributed by atoms with Crippen LogP contribution in [0.3, 0.4) is 0 Å². The summed E-state index contributed by atoms with van der Waals surface area (Å²) in [4.78, 5) is 7.44. The van der Waals surface area contributed by atoms with Crippen LogP contribution >= 0.6 is 0 Å². The molecule has 28 heavy (non-hydrogen) atoms. The summed E-state index contributed by atoms with van der Waals surface area (Å²) in [6.07, 6.45) is 6.47. The smallest absolute Gasteiger partial charge is 0.211 e. The highest BCUT2D eigenvalue weighted by Crippen LogP contribution is 2.39. The lowest BCUT2D eigenvalue weighted by Crippen LogP contribution is -2.34. The summed E-state index contributed by atoms with van der Waals surface area (Å²) >= 11 is 0. The van der Waals surface area contributed by atoms with Crippen molar-refractivity contribution >= 4 is 26.8 Å².